The lowest BCUT2D eigenvalue weighted by molar-refractivity contribution is -0.115. The second-order valence-electron chi connectivity index (χ2n) is 7.46. The molecule has 2 aromatic rings. The van der Waals surface area contributed by atoms with E-state index in [0.29, 0.717) is 18.4 Å². The van der Waals surface area contributed by atoms with Gasteiger partial charge in [0.2, 0.25) is 5.91 Å². The summed E-state index contributed by atoms with van der Waals surface area (Å²) >= 11 is 1.45. The zero-order valence-corrected chi connectivity index (χ0v) is 17.3. The van der Waals surface area contributed by atoms with Gasteiger partial charge >= 0.3 is 0 Å². The van der Waals surface area contributed by atoms with Crippen molar-refractivity contribution in [2.24, 2.45) is 0 Å². The van der Waals surface area contributed by atoms with Crippen LogP contribution in [0, 0.1) is 6.92 Å². The minimum absolute atomic E-state index is 0.0164. The number of amides is 1. The lowest BCUT2D eigenvalue weighted by atomic mass is 9.98. The van der Waals surface area contributed by atoms with Crippen molar-refractivity contribution < 1.29 is 4.79 Å². The molecular weight excluding hydrogens is 356 g/mol. The number of aryl methyl sites for hydroxylation is 1. The van der Waals surface area contributed by atoms with Crippen molar-refractivity contribution in [3.63, 3.8) is 0 Å². The molecule has 27 heavy (non-hydrogen) atoms. The monoisotopic (exact) mass is 384 g/mol. The SMILES string of the molecule is C=CCn1c(SC(C)C(=O)Nc2c(C)cccc2C(C)C)nnc1C1CC1. The van der Waals surface area contributed by atoms with Gasteiger partial charge in [-0.05, 0) is 43.7 Å². The van der Waals surface area contributed by atoms with Crippen molar-refractivity contribution >= 4 is 23.4 Å². The van der Waals surface area contributed by atoms with Crippen LogP contribution in [-0.2, 0) is 11.3 Å². The van der Waals surface area contributed by atoms with Crippen LogP contribution in [-0.4, -0.2) is 25.9 Å². The molecule has 1 atom stereocenters. The maximum absolute atomic E-state index is 12.9. The van der Waals surface area contributed by atoms with Crippen LogP contribution in [0.5, 0.6) is 0 Å². The summed E-state index contributed by atoms with van der Waals surface area (Å²) in [7, 11) is 0. The number of rotatable bonds is 8. The number of nitrogens with zero attached hydrogens (tertiary/aromatic N) is 3. The molecule has 5 nitrogen and oxygen atoms in total. The summed E-state index contributed by atoms with van der Waals surface area (Å²) in [4.78, 5) is 12.9. The standard InChI is InChI=1S/C21H28N4OS/c1-6-12-25-19(16-10-11-16)23-24-21(25)27-15(5)20(26)22-18-14(4)8-7-9-17(18)13(2)3/h6-9,13,15-16H,1,10-12H2,2-5H3,(H,22,26). The van der Waals surface area contributed by atoms with Gasteiger partial charge in [0.1, 0.15) is 5.82 Å². The van der Waals surface area contributed by atoms with Crippen molar-refractivity contribution in [3.05, 3.63) is 47.8 Å². The van der Waals surface area contributed by atoms with E-state index in [2.05, 4.69) is 46.6 Å². The number of para-hydroxylation sites is 1. The van der Waals surface area contributed by atoms with Crippen LogP contribution in [0.1, 0.15) is 62.4 Å². The van der Waals surface area contributed by atoms with Gasteiger partial charge in [0.15, 0.2) is 5.16 Å². The van der Waals surface area contributed by atoms with Crippen LogP contribution in [0.2, 0.25) is 0 Å². The number of aromatic nitrogens is 3. The normalized spacial score (nSPS) is 15.0. The van der Waals surface area contributed by atoms with Crippen LogP contribution >= 0.6 is 11.8 Å². The Morgan fingerprint density at radius 1 is 1.37 bits per heavy atom. The molecule has 3 rings (SSSR count). The molecule has 1 saturated carbocycles. The van der Waals surface area contributed by atoms with Gasteiger partial charge in [-0.25, -0.2) is 0 Å². The highest BCUT2D eigenvalue weighted by Gasteiger charge is 2.31. The molecule has 0 saturated heterocycles. The second-order valence-corrected chi connectivity index (χ2v) is 8.77. The number of allylic oxidation sites excluding steroid dienone is 1. The topological polar surface area (TPSA) is 59.8 Å². The molecule has 1 aliphatic carbocycles. The molecule has 1 unspecified atom stereocenters. The fourth-order valence-corrected chi connectivity index (χ4v) is 3.98. The minimum atomic E-state index is -0.274. The Bertz CT molecular complexity index is 839. The van der Waals surface area contributed by atoms with Crippen LogP contribution in [0.25, 0.3) is 0 Å². The number of thioether (sulfide) groups is 1. The predicted molar refractivity (Wildman–Crippen MR) is 111 cm³/mol. The zero-order chi connectivity index (χ0) is 19.6. The largest absolute Gasteiger partial charge is 0.325 e. The first-order chi connectivity index (χ1) is 12.9. The smallest absolute Gasteiger partial charge is 0.237 e. The van der Waals surface area contributed by atoms with E-state index in [1.165, 1.54) is 24.6 Å². The van der Waals surface area contributed by atoms with Crippen molar-refractivity contribution in [3.8, 4) is 0 Å². The van der Waals surface area contributed by atoms with E-state index in [4.69, 9.17) is 0 Å². The molecule has 144 valence electrons. The molecule has 1 amide bonds. The molecular formula is C21H28N4OS. The van der Waals surface area contributed by atoms with Gasteiger partial charge in [-0.1, -0.05) is 49.9 Å². The third-order valence-corrected chi connectivity index (χ3v) is 5.91. The Morgan fingerprint density at radius 2 is 2.11 bits per heavy atom. The van der Waals surface area contributed by atoms with Crippen LogP contribution in [0.3, 0.4) is 0 Å². The fraction of sp³-hybridized carbons (Fsp3) is 0.476. The van der Waals surface area contributed by atoms with Gasteiger partial charge in [0.05, 0.1) is 5.25 Å². The molecule has 0 spiro atoms. The van der Waals surface area contributed by atoms with E-state index < -0.39 is 0 Å². The van der Waals surface area contributed by atoms with E-state index in [0.717, 1.165) is 27.8 Å². The minimum Gasteiger partial charge on any atom is -0.325 e. The van der Waals surface area contributed by atoms with E-state index >= 15 is 0 Å². The molecule has 1 heterocycles. The van der Waals surface area contributed by atoms with Gasteiger partial charge < -0.3 is 9.88 Å². The molecule has 1 aromatic heterocycles. The molecule has 1 aliphatic rings. The number of carbonyl (C=O) groups is 1. The zero-order valence-electron chi connectivity index (χ0n) is 16.5. The Hall–Kier alpha value is -2.08. The molecule has 6 heteroatoms. The second kappa shape index (κ2) is 8.30. The summed E-state index contributed by atoms with van der Waals surface area (Å²) in [6.07, 6.45) is 4.19. The van der Waals surface area contributed by atoms with E-state index in [-0.39, 0.29) is 11.2 Å². The number of nitrogens with one attached hydrogen (secondary N) is 1. The van der Waals surface area contributed by atoms with Gasteiger partial charge in [-0.15, -0.1) is 16.8 Å². The maximum Gasteiger partial charge on any atom is 0.237 e. The van der Waals surface area contributed by atoms with Crippen molar-refractivity contribution in [2.75, 3.05) is 5.32 Å². The highest BCUT2D eigenvalue weighted by molar-refractivity contribution is 8.00. The molecule has 1 fully saturated rings. The average Bonchev–Trinajstić information content (AvgIpc) is 3.40. The van der Waals surface area contributed by atoms with E-state index in [1.54, 1.807) is 0 Å². The molecule has 1 aromatic carbocycles. The van der Waals surface area contributed by atoms with Crippen LogP contribution in [0.4, 0.5) is 5.69 Å². The predicted octanol–water partition coefficient (Wildman–Crippen LogP) is 4.89. The summed E-state index contributed by atoms with van der Waals surface area (Å²) < 4.78 is 2.09. The summed E-state index contributed by atoms with van der Waals surface area (Å²) in [5.41, 5.74) is 3.17. The molecule has 1 N–H and O–H groups in total. The highest BCUT2D eigenvalue weighted by atomic mass is 32.2. The third kappa shape index (κ3) is 4.43. The van der Waals surface area contributed by atoms with Crippen molar-refractivity contribution in [1.82, 2.24) is 14.8 Å². The number of benzene rings is 1. The number of hydrogen-bond acceptors (Lipinski definition) is 4. The average molecular weight is 385 g/mol. The Labute approximate surface area is 165 Å². The van der Waals surface area contributed by atoms with Gasteiger partial charge in [-0.2, -0.15) is 0 Å². The van der Waals surface area contributed by atoms with E-state index in [9.17, 15) is 4.79 Å². The van der Waals surface area contributed by atoms with Crippen molar-refractivity contribution in [1.29, 1.82) is 0 Å². The van der Waals surface area contributed by atoms with Crippen LogP contribution < -0.4 is 5.32 Å². The molecule has 0 radical (unpaired) electrons. The third-order valence-electron chi connectivity index (χ3n) is 4.83. The van der Waals surface area contributed by atoms with Crippen molar-refractivity contribution in [2.45, 2.75) is 69.3 Å². The summed E-state index contributed by atoms with van der Waals surface area (Å²) in [6.45, 7) is 12.7. The first-order valence-electron chi connectivity index (χ1n) is 9.53. The lowest BCUT2D eigenvalue weighted by Crippen LogP contribution is -2.24. The number of hydrogen-bond donors (Lipinski definition) is 1. The molecule has 0 bridgehead atoms. The first-order valence-corrected chi connectivity index (χ1v) is 10.4. The maximum atomic E-state index is 12.9. The highest BCUT2D eigenvalue weighted by Crippen LogP contribution is 2.40. The van der Waals surface area contributed by atoms with Gasteiger partial charge in [0.25, 0.3) is 0 Å². The fourth-order valence-electron chi connectivity index (χ4n) is 3.11. The Kier molecular flexibility index (Phi) is 6.05. The van der Waals surface area contributed by atoms with E-state index in [1.807, 2.05) is 32.1 Å². The van der Waals surface area contributed by atoms with Crippen LogP contribution in [0.15, 0.2) is 36.0 Å². The Morgan fingerprint density at radius 3 is 2.74 bits per heavy atom. The van der Waals surface area contributed by atoms with Gasteiger partial charge in [-0.3, -0.25) is 4.79 Å². The summed E-state index contributed by atoms with van der Waals surface area (Å²) in [5.74, 6) is 1.86. The van der Waals surface area contributed by atoms with Gasteiger partial charge in [0, 0.05) is 18.2 Å². The summed E-state index contributed by atoms with van der Waals surface area (Å²) in [6, 6.07) is 6.14. The lowest BCUT2D eigenvalue weighted by Gasteiger charge is -2.18. The first kappa shape index (κ1) is 19.7. The molecule has 0 aliphatic heterocycles. The quantitative estimate of drug-likeness (QED) is 0.520. The Balaban J connectivity index is 1.75. The number of carbonyl (C=O) groups excluding carboxylic acids is 1. The summed E-state index contributed by atoms with van der Waals surface area (Å²) in [5, 5.41) is 12.3. The number of anilines is 1.